The van der Waals surface area contributed by atoms with Crippen LogP contribution in [0.3, 0.4) is 0 Å². The van der Waals surface area contributed by atoms with E-state index < -0.39 is 11.4 Å². The lowest BCUT2D eigenvalue weighted by molar-refractivity contribution is 0.0513. The molecule has 0 unspecified atom stereocenters. The first-order chi connectivity index (χ1) is 14.0. The summed E-state index contributed by atoms with van der Waals surface area (Å²) in [7, 11) is 0. The molecule has 1 heterocycles. The largest absolute Gasteiger partial charge is 0.477 e. The summed E-state index contributed by atoms with van der Waals surface area (Å²) in [5, 5.41) is 13.3. The number of anilines is 1. The minimum Gasteiger partial charge on any atom is -0.477 e. The van der Waals surface area contributed by atoms with E-state index in [4.69, 9.17) is 26.8 Å². The number of carbonyl (C=O) groups is 1. The first kappa shape index (κ1) is 21.6. The van der Waals surface area contributed by atoms with E-state index in [1.165, 1.54) is 6.20 Å². The van der Waals surface area contributed by atoms with E-state index in [0.717, 1.165) is 19.3 Å². The third-order valence-electron chi connectivity index (χ3n) is 4.72. The Bertz CT molecular complexity index is 926. The SMILES string of the molecule is NCCCOCCOCCNc1cc2c(=O)c(C(=O)O)cn(C3CC3)c2cc1Cl. The maximum atomic E-state index is 12.6. The molecule has 0 bridgehead atoms. The predicted octanol–water partition coefficient (Wildman–Crippen LogP) is 2.48. The molecule has 8 nitrogen and oxygen atoms in total. The van der Waals surface area contributed by atoms with Crippen molar-refractivity contribution >= 4 is 34.2 Å². The fourth-order valence-corrected chi connectivity index (χ4v) is 3.30. The van der Waals surface area contributed by atoms with Crippen LogP contribution in [0.2, 0.25) is 5.02 Å². The Morgan fingerprint density at radius 2 is 1.97 bits per heavy atom. The Kier molecular flexibility index (Phi) is 7.49. The molecule has 29 heavy (non-hydrogen) atoms. The topological polar surface area (TPSA) is 116 Å². The maximum Gasteiger partial charge on any atom is 0.341 e. The van der Waals surface area contributed by atoms with E-state index in [-0.39, 0.29) is 11.6 Å². The second kappa shape index (κ2) is 10.1. The Labute approximate surface area is 173 Å². The van der Waals surface area contributed by atoms with Gasteiger partial charge in [-0.3, -0.25) is 4.79 Å². The van der Waals surface area contributed by atoms with Crippen LogP contribution in [0.4, 0.5) is 5.69 Å². The number of pyridine rings is 1. The normalized spacial score (nSPS) is 13.7. The number of fused-ring (bicyclic) bond motifs is 1. The number of aromatic carboxylic acids is 1. The van der Waals surface area contributed by atoms with Crippen molar-refractivity contribution in [2.75, 3.05) is 44.8 Å². The molecule has 2 aromatic rings. The molecule has 0 spiro atoms. The highest BCUT2D eigenvalue weighted by atomic mass is 35.5. The summed E-state index contributed by atoms with van der Waals surface area (Å²) in [6, 6.07) is 3.56. The minimum atomic E-state index is -1.22. The van der Waals surface area contributed by atoms with Gasteiger partial charge in [0.2, 0.25) is 5.43 Å². The van der Waals surface area contributed by atoms with Gasteiger partial charge < -0.3 is 30.2 Å². The van der Waals surface area contributed by atoms with Gasteiger partial charge in [0.25, 0.3) is 0 Å². The fraction of sp³-hybridized carbons (Fsp3) is 0.500. The summed E-state index contributed by atoms with van der Waals surface area (Å²) in [5.41, 5.74) is 5.89. The highest BCUT2D eigenvalue weighted by Gasteiger charge is 2.27. The van der Waals surface area contributed by atoms with Crippen LogP contribution < -0.4 is 16.5 Å². The van der Waals surface area contributed by atoms with Crippen LogP contribution in [-0.2, 0) is 9.47 Å². The lowest BCUT2D eigenvalue weighted by Gasteiger charge is -2.15. The van der Waals surface area contributed by atoms with Crippen molar-refractivity contribution in [2.45, 2.75) is 25.3 Å². The number of nitrogens with two attached hydrogens (primary N) is 1. The molecule has 4 N–H and O–H groups in total. The molecule has 0 amide bonds. The number of benzene rings is 1. The van der Waals surface area contributed by atoms with Gasteiger partial charge in [0, 0.05) is 30.8 Å². The maximum absolute atomic E-state index is 12.6. The number of ether oxygens (including phenoxy) is 2. The van der Waals surface area contributed by atoms with Crippen LogP contribution in [0.5, 0.6) is 0 Å². The molecule has 0 radical (unpaired) electrons. The molecular formula is C20H26ClN3O5. The van der Waals surface area contributed by atoms with Gasteiger partial charge >= 0.3 is 5.97 Å². The van der Waals surface area contributed by atoms with Crippen LogP contribution in [-0.4, -0.2) is 55.2 Å². The molecule has 1 aromatic carbocycles. The van der Waals surface area contributed by atoms with Crippen LogP contribution in [0.15, 0.2) is 23.1 Å². The van der Waals surface area contributed by atoms with Gasteiger partial charge in [-0.2, -0.15) is 0 Å². The molecule has 9 heteroatoms. The number of carboxylic acid groups (broad SMARTS) is 1. The average Bonchev–Trinajstić information content (AvgIpc) is 3.52. The van der Waals surface area contributed by atoms with Crippen molar-refractivity contribution in [3.8, 4) is 0 Å². The number of carboxylic acids is 1. The lowest BCUT2D eigenvalue weighted by Crippen LogP contribution is -2.19. The number of nitrogens with zero attached hydrogens (tertiary/aromatic N) is 1. The molecule has 0 saturated heterocycles. The monoisotopic (exact) mass is 423 g/mol. The molecule has 3 rings (SSSR count). The number of rotatable bonds is 12. The Morgan fingerprint density at radius 1 is 1.24 bits per heavy atom. The highest BCUT2D eigenvalue weighted by molar-refractivity contribution is 6.34. The van der Waals surface area contributed by atoms with Crippen LogP contribution in [0, 0.1) is 0 Å². The van der Waals surface area contributed by atoms with Crippen molar-refractivity contribution in [2.24, 2.45) is 5.73 Å². The summed E-state index contributed by atoms with van der Waals surface area (Å²) in [6.07, 6.45) is 4.18. The zero-order chi connectivity index (χ0) is 20.8. The third kappa shape index (κ3) is 5.48. The summed E-state index contributed by atoms with van der Waals surface area (Å²) in [6.45, 7) is 3.15. The van der Waals surface area contributed by atoms with Crippen molar-refractivity contribution < 1.29 is 19.4 Å². The number of aromatic nitrogens is 1. The lowest BCUT2D eigenvalue weighted by atomic mass is 10.1. The molecule has 0 atom stereocenters. The van der Waals surface area contributed by atoms with E-state index in [1.807, 2.05) is 4.57 Å². The van der Waals surface area contributed by atoms with Crippen LogP contribution in [0.25, 0.3) is 10.9 Å². The van der Waals surface area contributed by atoms with Crippen molar-refractivity contribution in [3.05, 3.63) is 39.1 Å². The standard InChI is InChI=1S/C20H26ClN3O5/c21-16-11-18-14(19(25)15(20(26)27)12-24(18)13-2-3-13)10-17(16)23-5-7-29-9-8-28-6-1-4-22/h10-13,23H,1-9,22H2,(H,26,27). The van der Waals surface area contributed by atoms with Gasteiger partial charge in [0.05, 0.1) is 36.0 Å². The Morgan fingerprint density at radius 3 is 2.62 bits per heavy atom. The molecular weight excluding hydrogens is 398 g/mol. The zero-order valence-electron chi connectivity index (χ0n) is 16.2. The molecule has 1 saturated carbocycles. The van der Waals surface area contributed by atoms with E-state index in [0.29, 0.717) is 61.1 Å². The van der Waals surface area contributed by atoms with Crippen molar-refractivity contribution in [1.82, 2.24) is 4.57 Å². The van der Waals surface area contributed by atoms with Gasteiger partial charge in [0.15, 0.2) is 0 Å². The highest BCUT2D eigenvalue weighted by Crippen LogP contribution is 2.38. The van der Waals surface area contributed by atoms with Crippen LogP contribution in [0.1, 0.15) is 35.7 Å². The van der Waals surface area contributed by atoms with Gasteiger partial charge in [-0.15, -0.1) is 0 Å². The molecule has 158 valence electrons. The van der Waals surface area contributed by atoms with Crippen LogP contribution >= 0.6 is 11.6 Å². The number of nitrogens with one attached hydrogen (secondary N) is 1. The molecule has 1 aliphatic carbocycles. The quantitative estimate of drug-likeness (QED) is 0.449. The minimum absolute atomic E-state index is 0.214. The van der Waals surface area contributed by atoms with E-state index in [2.05, 4.69) is 5.32 Å². The number of halogens is 1. The smallest absolute Gasteiger partial charge is 0.341 e. The second-order valence-electron chi connectivity index (χ2n) is 6.96. The summed E-state index contributed by atoms with van der Waals surface area (Å²) in [4.78, 5) is 24.1. The molecule has 1 aromatic heterocycles. The zero-order valence-corrected chi connectivity index (χ0v) is 16.9. The van der Waals surface area contributed by atoms with E-state index in [1.54, 1.807) is 12.1 Å². The van der Waals surface area contributed by atoms with Gasteiger partial charge in [-0.1, -0.05) is 11.6 Å². The third-order valence-corrected chi connectivity index (χ3v) is 5.03. The summed E-state index contributed by atoms with van der Waals surface area (Å²) >= 11 is 6.40. The molecule has 1 fully saturated rings. The Hall–Kier alpha value is -2.13. The summed E-state index contributed by atoms with van der Waals surface area (Å²) < 4.78 is 12.7. The predicted molar refractivity (Wildman–Crippen MR) is 112 cm³/mol. The average molecular weight is 424 g/mol. The number of hydrogen-bond acceptors (Lipinski definition) is 6. The first-order valence-corrected chi connectivity index (χ1v) is 10.1. The van der Waals surface area contributed by atoms with E-state index >= 15 is 0 Å². The fourth-order valence-electron chi connectivity index (χ4n) is 3.08. The van der Waals surface area contributed by atoms with Gasteiger partial charge in [-0.05, 0) is 37.9 Å². The Balaban J connectivity index is 1.66. The second-order valence-corrected chi connectivity index (χ2v) is 7.37. The number of hydrogen-bond donors (Lipinski definition) is 3. The first-order valence-electron chi connectivity index (χ1n) is 9.74. The van der Waals surface area contributed by atoms with Crippen molar-refractivity contribution in [1.29, 1.82) is 0 Å². The molecule has 0 aliphatic heterocycles. The van der Waals surface area contributed by atoms with Crippen molar-refractivity contribution in [3.63, 3.8) is 0 Å². The van der Waals surface area contributed by atoms with E-state index in [9.17, 15) is 14.7 Å². The van der Waals surface area contributed by atoms with Gasteiger partial charge in [0.1, 0.15) is 5.56 Å². The molecule has 1 aliphatic rings. The summed E-state index contributed by atoms with van der Waals surface area (Å²) in [5.74, 6) is -1.22. The van der Waals surface area contributed by atoms with Gasteiger partial charge in [-0.25, -0.2) is 4.79 Å².